The van der Waals surface area contributed by atoms with Gasteiger partial charge < -0.3 is 8.83 Å². The van der Waals surface area contributed by atoms with Gasteiger partial charge in [0, 0.05) is 21.9 Å². The third-order valence-corrected chi connectivity index (χ3v) is 6.62. The molecular weight excluding hydrogens is 343 g/mol. The number of hydrogen-bond acceptors (Lipinski definition) is 2. The average molecular weight is 360 g/mol. The van der Waals surface area contributed by atoms with E-state index in [1.807, 2.05) is 0 Å². The summed E-state index contributed by atoms with van der Waals surface area (Å²) in [6, 6.07) is 17.6. The first-order valence-electron chi connectivity index (χ1n) is 9.83. The summed E-state index contributed by atoms with van der Waals surface area (Å²) >= 11 is 0. The molecule has 5 aromatic rings. The third kappa shape index (κ3) is 1.51. The second-order valence-corrected chi connectivity index (χ2v) is 8.21. The Kier molecular flexibility index (Phi) is 2.44. The molecule has 0 saturated carbocycles. The molecule has 28 heavy (non-hydrogen) atoms. The minimum atomic E-state index is 0.215. The lowest BCUT2D eigenvalue weighted by Crippen LogP contribution is -2.57. The third-order valence-electron chi connectivity index (χ3n) is 6.62. The predicted octanol–water partition coefficient (Wildman–Crippen LogP) is 4.58. The van der Waals surface area contributed by atoms with E-state index in [0.29, 0.717) is 0 Å². The maximum atomic E-state index is 6.20. The van der Waals surface area contributed by atoms with Gasteiger partial charge in [0.25, 0.3) is 0 Å². The molecule has 2 nitrogen and oxygen atoms in total. The minimum absolute atomic E-state index is 0.215. The Morgan fingerprint density at radius 1 is 0.679 bits per heavy atom. The zero-order chi connectivity index (χ0) is 18.7. The number of furan rings is 2. The Balaban J connectivity index is 1.80. The van der Waals surface area contributed by atoms with Gasteiger partial charge in [-0.2, -0.15) is 0 Å². The summed E-state index contributed by atoms with van der Waals surface area (Å²) in [6.45, 7) is 6.58. The van der Waals surface area contributed by atoms with Gasteiger partial charge in [-0.1, -0.05) is 52.8 Å². The fourth-order valence-corrected chi connectivity index (χ4v) is 5.72. The van der Waals surface area contributed by atoms with Crippen molar-refractivity contribution in [1.82, 2.24) is 0 Å². The summed E-state index contributed by atoms with van der Waals surface area (Å²) in [6.07, 6.45) is 0. The fourth-order valence-electron chi connectivity index (χ4n) is 5.72. The van der Waals surface area contributed by atoms with E-state index in [2.05, 4.69) is 69.3 Å². The van der Waals surface area contributed by atoms with Crippen molar-refractivity contribution >= 4 is 45.0 Å². The van der Waals surface area contributed by atoms with Gasteiger partial charge in [-0.25, -0.2) is 0 Å². The first-order chi connectivity index (χ1) is 13.6. The van der Waals surface area contributed by atoms with Crippen LogP contribution in [-0.4, -0.2) is 6.71 Å². The van der Waals surface area contributed by atoms with E-state index in [-0.39, 0.29) is 6.71 Å². The molecule has 2 aromatic heterocycles. The highest BCUT2D eigenvalue weighted by Gasteiger charge is 2.41. The Morgan fingerprint density at radius 2 is 1.18 bits per heavy atom. The van der Waals surface area contributed by atoms with Crippen LogP contribution >= 0.6 is 0 Å². The molecule has 7 rings (SSSR count). The predicted molar refractivity (Wildman–Crippen MR) is 116 cm³/mol. The van der Waals surface area contributed by atoms with Gasteiger partial charge in [0.15, 0.2) is 0 Å². The molecule has 2 aliphatic heterocycles. The van der Waals surface area contributed by atoms with Crippen LogP contribution in [0, 0.1) is 20.8 Å². The number of hydrogen-bond donors (Lipinski definition) is 0. The molecule has 0 aliphatic carbocycles. The van der Waals surface area contributed by atoms with E-state index in [4.69, 9.17) is 8.83 Å². The van der Waals surface area contributed by atoms with E-state index in [0.717, 1.165) is 22.7 Å². The van der Waals surface area contributed by atoms with Crippen LogP contribution in [0.15, 0.2) is 57.4 Å². The molecular formula is C25H17BO2. The molecule has 0 bridgehead atoms. The average Bonchev–Trinajstić information content (AvgIpc) is 3.19. The first kappa shape index (κ1) is 14.8. The van der Waals surface area contributed by atoms with Gasteiger partial charge >= 0.3 is 0 Å². The Hall–Kier alpha value is -3.20. The SMILES string of the molecule is Cc1cc2c3c(c1)-c1c(C)oc4cccc(c14)B3c1cccc3oc(C)c-2c13. The summed E-state index contributed by atoms with van der Waals surface area (Å²) in [5.74, 6) is 2.00. The molecule has 0 atom stereocenters. The van der Waals surface area contributed by atoms with Crippen LogP contribution in [0.4, 0.5) is 0 Å². The Morgan fingerprint density at radius 3 is 1.68 bits per heavy atom. The van der Waals surface area contributed by atoms with Crippen molar-refractivity contribution in [2.75, 3.05) is 0 Å². The summed E-state index contributed by atoms with van der Waals surface area (Å²) in [5, 5.41) is 2.55. The first-order valence-corrected chi connectivity index (χ1v) is 9.83. The number of rotatable bonds is 0. The molecule has 0 amide bonds. The quantitative estimate of drug-likeness (QED) is 0.370. The van der Waals surface area contributed by atoms with Crippen molar-refractivity contribution in [3.63, 3.8) is 0 Å². The van der Waals surface area contributed by atoms with Gasteiger partial charge in [-0.05, 0) is 49.6 Å². The van der Waals surface area contributed by atoms with E-state index in [1.165, 1.54) is 55.0 Å². The van der Waals surface area contributed by atoms with Crippen molar-refractivity contribution in [3.05, 3.63) is 65.6 Å². The van der Waals surface area contributed by atoms with Crippen LogP contribution in [0.25, 0.3) is 44.2 Å². The number of aryl methyl sites for hydroxylation is 3. The normalized spacial score (nSPS) is 13.5. The molecule has 0 spiro atoms. The van der Waals surface area contributed by atoms with Crippen LogP contribution in [0.5, 0.6) is 0 Å². The number of benzene rings is 3. The molecule has 2 aliphatic rings. The number of fused-ring (bicyclic) bond motifs is 4. The largest absolute Gasteiger partial charge is 0.461 e. The van der Waals surface area contributed by atoms with Gasteiger partial charge in [-0.15, -0.1) is 0 Å². The van der Waals surface area contributed by atoms with Crippen LogP contribution in [-0.2, 0) is 0 Å². The summed E-state index contributed by atoms with van der Waals surface area (Å²) in [4.78, 5) is 0. The lowest BCUT2D eigenvalue weighted by Gasteiger charge is -2.31. The summed E-state index contributed by atoms with van der Waals surface area (Å²) < 4.78 is 12.4. The molecule has 4 heterocycles. The van der Waals surface area contributed by atoms with Crippen molar-refractivity contribution < 1.29 is 8.83 Å². The smallest absolute Gasteiger partial charge is 0.244 e. The van der Waals surface area contributed by atoms with Crippen LogP contribution in [0.3, 0.4) is 0 Å². The lowest BCUT2D eigenvalue weighted by molar-refractivity contribution is 0.580. The molecule has 0 N–H and O–H groups in total. The van der Waals surface area contributed by atoms with Gasteiger partial charge in [0.2, 0.25) is 6.71 Å². The molecule has 0 unspecified atom stereocenters. The minimum Gasteiger partial charge on any atom is -0.461 e. The van der Waals surface area contributed by atoms with Crippen LogP contribution in [0.2, 0.25) is 0 Å². The van der Waals surface area contributed by atoms with Crippen molar-refractivity contribution in [2.24, 2.45) is 0 Å². The topological polar surface area (TPSA) is 26.3 Å². The van der Waals surface area contributed by atoms with Gasteiger partial charge in [0.05, 0.1) is 0 Å². The standard InChI is InChI=1S/C25H17BO2/c1-12-10-15-21-13(2)27-19-8-4-6-17(23(19)21)26-18-7-5-9-20-24(18)22(14(3)28-20)16(11-12)25(15)26/h4-11H,1-3H3. The molecule has 3 aromatic carbocycles. The summed E-state index contributed by atoms with van der Waals surface area (Å²) in [5.41, 5.74) is 12.5. The van der Waals surface area contributed by atoms with Crippen LogP contribution < -0.4 is 16.4 Å². The zero-order valence-electron chi connectivity index (χ0n) is 16.0. The van der Waals surface area contributed by atoms with Gasteiger partial charge in [0.1, 0.15) is 22.7 Å². The van der Waals surface area contributed by atoms with Crippen molar-refractivity contribution in [1.29, 1.82) is 0 Å². The zero-order valence-corrected chi connectivity index (χ0v) is 16.0. The monoisotopic (exact) mass is 360 g/mol. The van der Waals surface area contributed by atoms with Crippen molar-refractivity contribution in [2.45, 2.75) is 20.8 Å². The lowest BCUT2D eigenvalue weighted by atomic mass is 9.31. The Bertz CT molecular complexity index is 1390. The molecule has 3 heteroatoms. The molecule has 132 valence electrons. The Labute approximate surface area is 162 Å². The molecule has 0 radical (unpaired) electrons. The summed E-state index contributed by atoms with van der Waals surface area (Å²) in [7, 11) is 0. The van der Waals surface area contributed by atoms with Gasteiger partial charge in [-0.3, -0.25) is 0 Å². The highest BCUT2D eigenvalue weighted by Crippen LogP contribution is 2.43. The van der Waals surface area contributed by atoms with E-state index < -0.39 is 0 Å². The molecule has 0 saturated heterocycles. The van der Waals surface area contributed by atoms with E-state index in [9.17, 15) is 0 Å². The maximum Gasteiger partial charge on any atom is 0.244 e. The highest BCUT2D eigenvalue weighted by molar-refractivity contribution is 7.01. The van der Waals surface area contributed by atoms with E-state index in [1.54, 1.807) is 0 Å². The van der Waals surface area contributed by atoms with E-state index >= 15 is 0 Å². The fraction of sp³-hybridized carbons (Fsp3) is 0.120. The second-order valence-electron chi connectivity index (χ2n) is 8.21. The maximum absolute atomic E-state index is 6.20. The van der Waals surface area contributed by atoms with Crippen molar-refractivity contribution in [3.8, 4) is 22.3 Å². The highest BCUT2D eigenvalue weighted by atomic mass is 16.3. The second kappa shape index (κ2) is 4.61. The van der Waals surface area contributed by atoms with Crippen LogP contribution in [0.1, 0.15) is 17.1 Å². The molecule has 0 fully saturated rings.